The molecule has 0 saturated carbocycles. The molecule has 2 N–H and O–H groups in total. The van der Waals surface area contributed by atoms with Gasteiger partial charge in [-0.05, 0) is 62.4 Å². The standard InChI is InChI=1S/C20H24N2O3S/c1-3-26-17-7-5-4-6-15(17)22-19(23)18-13(2)12-16(25-20(18)24)14-8-10-21-11-9-14/h4-7,12,14,21H,3,8-11H2,1-2H3,(H,22,23). The summed E-state index contributed by atoms with van der Waals surface area (Å²) in [6, 6.07) is 9.44. The first-order chi connectivity index (χ1) is 12.6. The highest BCUT2D eigenvalue weighted by atomic mass is 32.2. The molecule has 1 amide bonds. The number of hydrogen-bond acceptors (Lipinski definition) is 5. The van der Waals surface area contributed by atoms with Crippen molar-refractivity contribution in [1.82, 2.24) is 5.32 Å². The van der Waals surface area contributed by atoms with E-state index in [1.54, 1.807) is 18.7 Å². The highest BCUT2D eigenvalue weighted by molar-refractivity contribution is 7.99. The lowest BCUT2D eigenvalue weighted by Gasteiger charge is -2.22. The van der Waals surface area contributed by atoms with E-state index in [2.05, 4.69) is 17.6 Å². The van der Waals surface area contributed by atoms with Gasteiger partial charge in [-0.25, -0.2) is 4.79 Å². The van der Waals surface area contributed by atoms with Crippen molar-refractivity contribution >= 4 is 23.4 Å². The van der Waals surface area contributed by atoms with Crippen molar-refractivity contribution in [2.75, 3.05) is 24.2 Å². The third-order valence-corrected chi connectivity index (χ3v) is 5.53. The molecule has 0 atom stereocenters. The molecular formula is C20H24N2O3S. The van der Waals surface area contributed by atoms with Crippen molar-refractivity contribution < 1.29 is 9.21 Å². The van der Waals surface area contributed by atoms with Crippen molar-refractivity contribution in [2.45, 2.75) is 37.5 Å². The molecule has 3 rings (SSSR count). The van der Waals surface area contributed by atoms with Gasteiger partial charge in [0.15, 0.2) is 0 Å². The normalized spacial score (nSPS) is 15.0. The van der Waals surface area contributed by atoms with Crippen molar-refractivity contribution in [3.63, 3.8) is 0 Å². The van der Waals surface area contributed by atoms with Crippen LogP contribution in [0.4, 0.5) is 5.69 Å². The molecule has 2 heterocycles. The molecule has 138 valence electrons. The second kappa shape index (κ2) is 8.56. The fraction of sp³-hybridized carbons (Fsp3) is 0.400. The molecule has 1 aliphatic heterocycles. The zero-order valence-corrected chi connectivity index (χ0v) is 15.9. The van der Waals surface area contributed by atoms with Crippen molar-refractivity contribution in [2.24, 2.45) is 0 Å². The highest BCUT2D eigenvalue weighted by Crippen LogP contribution is 2.28. The number of aryl methyl sites for hydroxylation is 1. The summed E-state index contributed by atoms with van der Waals surface area (Å²) in [6.07, 6.45) is 1.88. The van der Waals surface area contributed by atoms with E-state index in [-0.39, 0.29) is 11.5 Å². The molecule has 0 bridgehead atoms. The van der Waals surface area contributed by atoms with E-state index in [0.717, 1.165) is 36.6 Å². The maximum atomic E-state index is 12.7. The summed E-state index contributed by atoms with van der Waals surface area (Å²) in [7, 11) is 0. The lowest BCUT2D eigenvalue weighted by molar-refractivity contribution is 0.102. The number of benzene rings is 1. The molecule has 0 unspecified atom stereocenters. The number of piperidine rings is 1. The number of hydrogen-bond donors (Lipinski definition) is 2. The maximum Gasteiger partial charge on any atom is 0.349 e. The Hall–Kier alpha value is -2.05. The Bertz CT molecular complexity index is 841. The molecule has 26 heavy (non-hydrogen) atoms. The summed E-state index contributed by atoms with van der Waals surface area (Å²) in [5.74, 6) is 1.41. The van der Waals surface area contributed by atoms with Crippen molar-refractivity contribution in [1.29, 1.82) is 0 Å². The minimum atomic E-state index is -0.559. The average Bonchev–Trinajstić information content (AvgIpc) is 2.63. The largest absolute Gasteiger partial charge is 0.427 e. The van der Waals surface area contributed by atoms with Crippen LogP contribution in [0.25, 0.3) is 0 Å². The Balaban J connectivity index is 1.85. The molecule has 1 aromatic heterocycles. The van der Waals surface area contributed by atoms with Crippen LogP contribution in [-0.2, 0) is 0 Å². The molecule has 5 nitrogen and oxygen atoms in total. The van der Waals surface area contributed by atoms with Crippen LogP contribution in [0.15, 0.2) is 44.4 Å². The Kier molecular flexibility index (Phi) is 6.16. The fourth-order valence-electron chi connectivity index (χ4n) is 3.25. The van der Waals surface area contributed by atoms with Crippen LogP contribution in [0.5, 0.6) is 0 Å². The Labute approximate surface area is 157 Å². The average molecular weight is 372 g/mol. The number of carbonyl (C=O) groups is 1. The van der Waals surface area contributed by atoms with Gasteiger partial charge in [0.1, 0.15) is 11.3 Å². The Morgan fingerprint density at radius 1 is 1.31 bits per heavy atom. The second-order valence-corrected chi connectivity index (χ2v) is 7.71. The van der Waals surface area contributed by atoms with E-state index >= 15 is 0 Å². The first-order valence-electron chi connectivity index (χ1n) is 8.98. The number of carbonyl (C=O) groups excluding carboxylic acids is 1. The Morgan fingerprint density at radius 3 is 2.73 bits per heavy atom. The zero-order valence-electron chi connectivity index (χ0n) is 15.1. The number of rotatable bonds is 5. The van der Waals surface area contributed by atoms with Crippen LogP contribution in [0, 0.1) is 6.92 Å². The van der Waals surface area contributed by atoms with Crippen molar-refractivity contribution in [3.05, 3.63) is 57.6 Å². The molecule has 0 radical (unpaired) electrons. The van der Waals surface area contributed by atoms with Gasteiger partial charge >= 0.3 is 5.63 Å². The van der Waals surface area contributed by atoms with Gasteiger partial charge in [0, 0.05) is 10.8 Å². The molecule has 1 saturated heterocycles. The molecule has 0 spiro atoms. The molecule has 0 aliphatic carbocycles. The monoisotopic (exact) mass is 372 g/mol. The van der Waals surface area contributed by atoms with Gasteiger partial charge in [-0.15, -0.1) is 11.8 Å². The highest BCUT2D eigenvalue weighted by Gasteiger charge is 2.22. The fourth-order valence-corrected chi connectivity index (χ4v) is 4.01. The Morgan fingerprint density at radius 2 is 2.04 bits per heavy atom. The molecule has 1 aromatic carbocycles. The number of amides is 1. The quantitative estimate of drug-likeness (QED) is 0.782. The summed E-state index contributed by atoms with van der Waals surface area (Å²) in [5, 5.41) is 6.16. The van der Waals surface area contributed by atoms with E-state index < -0.39 is 11.5 Å². The topological polar surface area (TPSA) is 71.3 Å². The van der Waals surface area contributed by atoms with Gasteiger partial charge in [0.25, 0.3) is 5.91 Å². The van der Waals surface area contributed by atoms with Crippen LogP contribution in [0.2, 0.25) is 0 Å². The van der Waals surface area contributed by atoms with Crippen LogP contribution in [0.3, 0.4) is 0 Å². The van der Waals surface area contributed by atoms with E-state index in [1.165, 1.54) is 0 Å². The zero-order chi connectivity index (χ0) is 18.5. The third kappa shape index (κ3) is 4.19. The first-order valence-corrected chi connectivity index (χ1v) is 9.97. The van der Waals surface area contributed by atoms with E-state index in [0.29, 0.717) is 17.0 Å². The van der Waals surface area contributed by atoms with Gasteiger partial charge in [-0.3, -0.25) is 4.79 Å². The first kappa shape index (κ1) is 18.7. The summed E-state index contributed by atoms with van der Waals surface area (Å²) in [6.45, 7) is 5.69. The SMILES string of the molecule is CCSc1ccccc1NC(=O)c1c(C)cc(C2CCNCC2)oc1=O. The second-order valence-electron chi connectivity index (χ2n) is 6.40. The molecule has 6 heteroatoms. The van der Waals surface area contributed by atoms with Gasteiger partial charge in [0.2, 0.25) is 0 Å². The van der Waals surface area contributed by atoms with E-state index in [1.807, 2.05) is 30.3 Å². The molecule has 1 aliphatic rings. The van der Waals surface area contributed by atoms with E-state index in [4.69, 9.17) is 4.42 Å². The van der Waals surface area contributed by atoms with Crippen LogP contribution in [0.1, 0.15) is 47.4 Å². The lowest BCUT2D eigenvalue weighted by Crippen LogP contribution is -2.28. The number of para-hydroxylation sites is 1. The number of nitrogens with one attached hydrogen (secondary N) is 2. The molecular weight excluding hydrogens is 348 g/mol. The lowest BCUT2D eigenvalue weighted by atomic mass is 9.94. The van der Waals surface area contributed by atoms with Crippen molar-refractivity contribution in [3.8, 4) is 0 Å². The van der Waals surface area contributed by atoms with Gasteiger partial charge < -0.3 is 15.1 Å². The number of anilines is 1. The summed E-state index contributed by atoms with van der Waals surface area (Å²) >= 11 is 1.65. The molecule has 1 fully saturated rings. The predicted molar refractivity (Wildman–Crippen MR) is 105 cm³/mol. The molecule has 2 aromatic rings. The van der Waals surface area contributed by atoms with Gasteiger partial charge in [-0.1, -0.05) is 19.1 Å². The minimum Gasteiger partial charge on any atom is -0.427 e. The van der Waals surface area contributed by atoms with Gasteiger partial charge in [-0.2, -0.15) is 0 Å². The van der Waals surface area contributed by atoms with Crippen LogP contribution in [-0.4, -0.2) is 24.7 Å². The minimum absolute atomic E-state index is 0.0824. The summed E-state index contributed by atoms with van der Waals surface area (Å²) in [5.41, 5.74) is 0.897. The predicted octanol–water partition coefficient (Wildman–Crippen LogP) is 3.78. The van der Waals surface area contributed by atoms with E-state index in [9.17, 15) is 9.59 Å². The number of thioether (sulfide) groups is 1. The van der Waals surface area contributed by atoms with Crippen LogP contribution < -0.4 is 16.3 Å². The summed E-state index contributed by atoms with van der Waals surface area (Å²) in [4.78, 5) is 26.2. The maximum absolute atomic E-state index is 12.7. The van der Waals surface area contributed by atoms with Crippen LogP contribution >= 0.6 is 11.8 Å². The third-order valence-electron chi connectivity index (χ3n) is 4.57. The smallest absolute Gasteiger partial charge is 0.349 e. The summed E-state index contributed by atoms with van der Waals surface area (Å²) < 4.78 is 5.52. The van der Waals surface area contributed by atoms with Gasteiger partial charge in [0.05, 0.1) is 5.69 Å².